The Balaban J connectivity index is 0.000000142. The van der Waals surface area contributed by atoms with E-state index < -0.39 is 0 Å². The van der Waals surface area contributed by atoms with E-state index in [0.717, 1.165) is 12.8 Å². The van der Waals surface area contributed by atoms with Crippen LogP contribution in [0.15, 0.2) is 243 Å². The number of hydrogen-bond acceptors (Lipinski definition) is 4. The summed E-state index contributed by atoms with van der Waals surface area (Å²) in [5.41, 5.74) is 44.6. The van der Waals surface area contributed by atoms with E-state index in [-0.39, 0.29) is 54.6 Å². The Hall–Kier alpha value is -10.2. The molecule has 0 unspecified atom stereocenters. The highest BCUT2D eigenvalue weighted by atomic mass is 15.2. The van der Waals surface area contributed by atoms with Crippen molar-refractivity contribution in [2.45, 2.75) is 315 Å². The predicted octanol–water partition coefficient (Wildman–Crippen LogP) is 34.3. The number of fused-ring (bicyclic) bond motifs is 12. The monoisotopic (exact) mass is 1650 g/mol. The molecule has 12 aromatic carbocycles. The Labute approximate surface area is 751 Å². The van der Waals surface area contributed by atoms with Gasteiger partial charge in [0.15, 0.2) is 0 Å². The molecule has 0 fully saturated rings. The first-order valence-corrected chi connectivity index (χ1v) is 46.5. The molecule has 648 valence electrons. The zero-order valence-corrected chi connectivity index (χ0v) is 82.5. The van der Waals surface area contributed by atoms with Crippen LogP contribution in [0.25, 0.3) is 44.5 Å². The van der Waals surface area contributed by atoms with Crippen molar-refractivity contribution in [1.29, 1.82) is 0 Å². The predicted molar refractivity (Wildman–Crippen MR) is 543 cm³/mol. The summed E-state index contributed by atoms with van der Waals surface area (Å²) in [6, 6.07) is 90.2. The van der Waals surface area contributed by atoms with Crippen LogP contribution in [0.1, 0.15) is 322 Å². The first-order valence-electron chi connectivity index (χ1n) is 46.5. The van der Waals surface area contributed by atoms with Crippen molar-refractivity contribution in [1.82, 2.24) is 0 Å². The first kappa shape index (κ1) is 91.5. The number of benzene rings is 12. The lowest BCUT2D eigenvalue weighted by Gasteiger charge is -2.44. The van der Waals surface area contributed by atoms with Crippen molar-refractivity contribution in [3.8, 4) is 44.5 Å². The maximum atomic E-state index is 2.60. The molecule has 0 spiro atoms. The molecule has 4 nitrogen and oxygen atoms in total. The van der Waals surface area contributed by atoms with Crippen LogP contribution in [0.3, 0.4) is 0 Å². The van der Waals surface area contributed by atoms with Gasteiger partial charge in [-0.1, -0.05) is 333 Å². The molecule has 16 rings (SSSR count). The molecule has 0 amide bonds. The second-order valence-corrected chi connectivity index (χ2v) is 44.6. The summed E-state index contributed by atoms with van der Waals surface area (Å²) in [6.45, 7) is 79.5. The Morgan fingerprint density at radius 1 is 0.266 bits per heavy atom. The van der Waals surface area contributed by atoms with Crippen molar-refractivity contribution < 1.29 is 0 Å². The van der Waals surface area contributed by atoms with Gasteiger partial charge in [-0.15, -0.1) is 0 Å². The molecule has 4 aliphatic rings. The van der Waals surface area contributed by atoms with E-state index in [0.29, 0.717) is 11.8 Å². The van der Waals surface area contributed by atoms with Gasteiger partial charge in [-0.25, -0.2) is 0 Å². The third kappa shape index (κ3) is 16.4. The fourth-order valence-corrected chi connectivity index (χ4v) is 22.1. The van der Waals surface area contributed by atoms with Crippen LogP contribution in [0, 0.1) is 13.8 Å². The number of para-hydroxylation sites is 4. The molecule has 0 saturated heterocycles. The SMILES string of the molecule is CC(C)(C)c1ccccc1N(c1ccc2c(c1C(C)(C)C)C(C)(C)c1ccccc1-2)C(C)(C)C.CC(C)c1ccccc1N(c1ccc2c(c1C(C)C)C(C)(C)c1ccccc1-2)C(C)(C)C.CCc1ccccc1N(c1ccc2c(c1CC)C(C)(C)c1ccccc1-2)C(C)(C)C.Cc1ccccc1N(c1ccc2c(c1C)C(C)(C)c1ccccc1-2)C(C)(C)C. The van der Waals surface area contributed by atoms with Gasteiger partial charge in [0.2, 0.25) is 0 Å². The minimum absolute atomic E-state index is 0.0112. The number of aryl methyl sites for hydroxylation is 2. The topological polar surface area (TPSA) is 13.0 Å². The van der Waals surface area contributed by atoms with E-state index in [1.54, 1.807) is 0 Å². The highest BCUT2D eigenvalue weighted by Crippen LogP contribution is 2.60. The number of anilines is 8. The molecule has 4 aliphatic carbocycles. The summed E-state index contributed by atoms with van der Waals surface area (Å²) in [4.78, 5) is 10.3. The summed E-state index contributed by atoms with van der Waals surface area (Å²) in [5.74, 6) is 0.887. The smallest absolute Gasteiger partial charge is 0.0457 e. The van der Waals surface area contributed by atoms with Crippen LogP contribution >= 0.6 is 0 Å². The lowest BCUT2D eigenvalue weighted by Crippen LogP contribution is -2.41. The van der Waals surface area contributed by atoms with E-state index in [1.165, 1.54) is 179 Å². The van der Waals surface area contributed by atoms with Gasteiger partial charge in [-0.05, 0) is 314 Å². The zero-order chi connectivity index (χ0) is 90.6. The molecule has 0 aliphatic heterocycles. The summed E-state index contributed by atoms with van der Waals surface area (Å²) in [7, 11) is 0. The molecule has 0 radical (unpaired) electrons. The van der Waals surface area contributed by atoms with Crippen molar-refractivity contribution in [3.05, 3.63) is 332 Å². The number of rotatable bonds is 12. The molecule has 12 aromatic rings. The molecule has 124 heavy (non-hydrogen) atoms. The average molecular weight is 1650 g/mol. The molecule has 0 saturated carbocycles. The largest absolute Gasteiger partial charge is 0.336 e. The minimum atomic E-state index is -0.0921. The lowest BCUT2D eigenvalue weighted by atomic mass is 9.72. The maximum Gasteiger partial charge on any atom is 0.0457 e. The Bertz CT molecular complexity index is 5950. The van der Waals surface area contributed by atoms with E-state index in [1.807, 2.05) is 0 Å². The summed E-state index contributed by atoms with van der Waals surface area (Å²) < 4.78 is 0. The zero-order valence-electron chi connectivity index (χ0n) is 82.5. The van der Waals surface area contributed by atoms with Crippen LogP contribution in [0.4, 0.5) is 45.5 Å². The van der Waals surface area contributed by atoms with Crippen LogP contribution < -0.4 is 19.6 Å². The van der Waals surface area contributed by atoms with E-state index in [2.05, 4.69) is 498 Å². The Kier molecular flexibility index (Phi) is 24.6. The molecule has 0 atom stereocenters. The molecule has 0 aromatic heterocycles. The number of hydrogen-bond donors (Lipinski definition) is 0. The molecule has 4 heteroatoms. The summed E-state index contributed by atoms with van der Waals surface area (Å²) in [6.07, 6.45) is 2.06. The number of nitrogens with zero attached hydrogens (tertiary/aromatic N) is 4. The summed E-state index contributed by atoms with van der Waals surface area (Å²) >= 11 is 0. The normalized spacial score (nSPS) is 14.7. The highest BCUT2D eigenvalue weighted by Gasteiger charge is 2.47. The van der Waals surface area contributed by atoms with Crippen LogP contribution in [-0.4, -0.2) is 22.2 Å². The lowest BCUT2D eigenvalue weighted by molar-refractivity contribution is 0.524. The maximum absolute atomic E-state index is 2.60. The van der Waals surface area contributed by atoms with Gasteiger partial charge in [-0.2, -0.15) is 0 Å². The van der Waals surface area contributed by atoms with E-state index in [4.69, 9.17) is 0 Å². The van der Waals surface area contributed by atoms with Gasteiger partial charge in [0.05, 0.1) is 0 Å². The average Bonchev–Trinajstić information content (AvgIpc) is 1.55. The van der Waals surface area contributed by atoms with E-state index >= 15 is 0 Å². The van der Waals surface area contributed by atoms with Gasteiger partial charge >= 0.3 is 0 Å². The Morgan fingerprint density at radius 2 is 0.605 bits per heavy atom. The van der Waals surface area contributed by atoms with Gasteiger partial charge in [0, 0.05) is 89.3 Å². The Morgan fingerprint density at radius 3 is 1.05 bits per heavy atom. The third-order valence-corrected chi connectivity index (χ3v) is 27.2. The van der Waals surface area contributed by atoms with E-state index in [9.17, 15) is 0 Å². The van der Waals surface area contributed by atoms with Crippen LogP contribution in [-0.2, 0) is 45.3 Å². The van der Waals surface area contributed by atoms with Gasteiger partial charge in [-0.3, -0.25) is 0 Å². The first-order chi connectivity index (χ1) is 57.9. The van der Waals surface area contributed by atoms with Crippen molar-refractivity contribution in [3.63, 3.8) is 0 Å². The highest BCUT2D eigenvalue weighted by molar-refractivity contribution is 5.92. The van der Waals surface area contributed by atoms with Crippen molar-refractivity contribution in [2.24, 2.45) is 0 Å². The fourth-order valence-electron chi connectivity index (χ4n) is 22.1. The van der Waals surface area contributed by atoms with Crippen molar-refractivity contribution >= 4 is 45.5 Å². The van der Waals surface area contributed by atoms with Gasteiger partial charge in [0.25, 0.3) is 0 Å². The van der Waals surface area contributed by atoms with Gasteiger partial charge in [0.1, 0.15) is 0 Å². The second-order valence-electron chi connectivity index (χ2n) is 44.6. The quantitative estimate of drug-likeness (QED) is 0.121. The molecule has 0 bridgehead atoms. The third-order valence-electron chi connectivity index (χ3n) is 27.2. The molecular weight excluding hydrogens is 1500 g/mol. The summed E-state index contributed by atoms with van der Waals surface area (Å²) in [5, 5.41) is 0. The van der Waals surface area contributed by atoms with Crippen LogP contribution in [0.5, 0.6) is 0 Å². The molecular formula is C120H148N4. The second kappa shape index (κ2) is 33.3. The minimum Gasteiger partial charge on any atom is -0.336 e. The van der Waals surface area contributed by atoms with Crippen LogP contribution in [0.2, 0.25) is 0 Å². The molecule has 0 N–H and O–H groups in total. The fraction of sp³-hybridized carbons (Fsp3) is 0.400. The standard InChI is InChI=1S/C33H43N.C31H39N.C29H35N.C27H31N/c1-30(2,3)25-18-14-15-19-26(25)34(32(7,8)9)27-21-20-23-22-16-12-13-17-24(22)33(10,11)28(23)29(27)31(4,5)6;1-20(2)22-14-11-13-17-26(22)32(30(5,6)7)27-19-18-24-23-15-10-12-16-25(23)31(8,9)29(24)28(27)21(3)4;1-8-20-14-10-13-17-25(20)30(28(3,4)5)26-19-18-23-22-15-11-12-16-24(22)29(6,7)27(23)21(26)9-2;1-18-12-8-11-15-23(18)28(26(3,4)5)24-17-16-21-20-13-9-10-14-22(20)27(6,7)25(21)19(24)2/h12-21H,1-11H3;10-21H,1-9H3;10-19H,8-9H2,1-7H3;8-17H,1-7H3. The van der Waals surface area contributed by atoms with Gasteiger partial charge < -0.3 is 19.6 Å². The van der Waals surface area contributed by atoms with Crippen molar-refractivity contribution in [2.75, 3.05) is 19.6 Å². The molecule has 0 heterocycles.